The van der Waals surface area contributed by atoms with Crippen molar-refractivity contribution in [2.45, 2.75) is 0 Å². The van der Waals surface area contributed by atoms with Gasteiger partial charge in [0, 0.05) is 4.47 Å². The average Bonchev–Trinajstić information content (AvgIpc) is 2.61. The van der Waals surface area contributed by atoms with Gasteiger partial charge in [-0.15, -0.1) is 0 Å². The highest BCUT2D eigenvalue weighted by Crippen LogP contribution is 2.33. The largest absolute Gasteiger partial charge is 0.284 e. The van der Waals surface area contributed by atoms with Crippen LogP contribution in [-0.2, 0) is 0 Å². The van der Waals surface area contributed by atoms with E-state index in [2.05, 4.69) is 15.9 Å². The van der Waals surface area contributed by atoms with E-state index in [4.69, 9.17) is 0 Å². The first-order chi connectivity index (χ1) is 11.1. The third-order valence-electron chi connectivity index (χ3n) is 3.36. The number of hydrogen-bond acceptors (Lipinski definition) is 4. The summed E-state index contributed by atoms with van der Waals surface area (Å²) in [5, 5.41) is 23.0. The summed E-state index contributed by atoms with van der Waals surface area (Å²) in [6.45, 7) is 0. The molecule has 0 atom stereocenters. The molecule has 3 aromatic rings. The number of hydrogen-bond donors (Lipinski definition) is 2. The second kappa shape index (κ2) is 6.83. The maximum Gasteiger partial charge on any atom is 0.0725 e. The zero-order valence-electron chi connectivity index (χ0n) is 12.2. The predicted octanol–water partition coefficient (Wildman–Crippen LogP) is 5.50. The molecule has 0 aliphatic heterocycles. The van der Waals surface area contributed by atoms with E-state index in [9.17, 15) is 10.4 Å². The molecule has 0 saturated heterocycles. The molecule has 0 heterocycles. The van der Waals surface area contributed by atoms with Gasteiger partial charge in [0.25, 0.3) is 0 Å². The Hall–Kier alpha value is -2.34. The Labute approximate surface area is 142 Å². The fraction of sp³-hybridized carbons (Fsp3) is 0. The first kappa shape index (κ1) is 15.6. The molecule has 0 saturated carbocycles. The topological polar surface area (TPSA) is 46.9 Å². The van der Waals surface area contributed by atoms with Crippen LogP contribution in [0.25, 0.3) is 0 Å². The van der Waals surface area contributed by atoms with E-state index < -0.39 is 0 Å². The zero-order chi connectivity index (χ0) is 16.2. The van der Waals surface area contributed by atoms with Crippen molar-refractivity contribution >= 4 is 38.7 Å². The first-order valence-electron chi connectivity index (χ1n) is 7.04. The van der Waals surface area contributed by atoms with Crippen molar-refractivity contribution in [3.05, 3.63) is 83.3 Å². The molecular weight excluding hydrogens is 356 g/mol. The Morgan fingerprint density at radius 3 is 1.35 bits per heavy atom. The number of rotatable bonds is 4. The van der Waals surface area contributed by atoms with E-state index in [0.717, 1.165) is 14.6 Å². The van der Waals surface area contributed by atoms with E-state index in [-0.39, 0.29) is 0 Å². The lowest BCUT2D eigenvalue weighted by Crippen LogP contribution is -2.14. The quantitative estimate of drug-likeness (QED) is 0.594. The van der Waals surface area contributed by atoms with Gasteiger partial charge < -0.3 is 0 Å². The van der Waals surface area contributed by atoms with Crippen LogP contribution in [0.4, 0.5) is 22.7 Å². The van der Waals surface area contributed by atoms with Crippen LogP contribution in [0.1, 0.15) is 0 Å². The highest BCUT2D eigenvalue weighted by Gasteiger charge is 2.12. The van der Waals surface area contributed by atoms with Gasteiger partial charge >= 0.3 is 0 Å². The molecule has 0 aliphatic carbocycles. The van der Waals surface area contributed by atoms with Gasteiger partial charge in [0.1, 0.15) is 0 Å². The van der Waals surface area contributed by atoms with Crippen molar-refractivity contribution in [2.24, 2.45) is 0 Å². The molecule has 0 spiro atoms. The monoisotopic (exact) mass is 370 g/mol. The molecule has 116 valence electrons. The van der Waals surface area contributed by atoms with Crippen molar-refractivity contribution in [3.63, 3.8) is 0 Å². The summed E-state index contributed by atoms with van der Waals surface area (Å²) in [4.78, 5) is 0. The fourth-order valence-corrected chi connectivity index (χ4v) is 2.71. The molecular formula is C18H15BrN2O2. The second-order valence-electron chi connectivity index (χ2n) is 4.96. The molecule has 0 amide bonds. The van der Waals surface area contributed by atoms with E-state index in [1.165, 1.54) is 0 Å². The Balaban J connectivity index is 1.96. The van der Waals surface area contributed by atoms with Crippen LogP contribution < -0.4 is 10.1 Å². The van der Waals surface area contributed by atoms with Crippen molar-refractivity contribution in [1.82, 2.24) is 0 Å². The highest BCUT2D eigenvalue weighted by molar-refractivity contribution is 9.10. The third kappa shape index (κ3) is 3.53. The molecule has 0 bridgehead atoms. The summed E-state index contributed by atoms with van der Waals surface area (Å²) >= 11 is 3.42. The summed E-state index contributed by atoms with van der Waals surface area (Å²) in [6, 6.07) is 23.6. The van der Waals surface area contributed by atoms with E-state index in [1.807, 2.05) is 36.4 Å². The maximum atomic E-state index is 10.4. The average molecular weight is 371 g/mol. The zero-order valence-corrected chi connectivity index (χ0v) is 13.8. The minimum absolute atomic E-state index is 0.538. The molecule has 0 radical (unpaired) electrons. The molecule has 0 aliphatic rings. The Morgan fingerprint density at radius 1 is 0.565 bits per heavy atom. The third-order valence-corrected chi connectivity index (χ3v) is 3.82. The molecule has 5 heteroatoms. The van der Waals surface area contributed by atoms with Gasteiger partial charge in [-0.2, -0.15) is 0 Å². The van der Waals surface area contributed by atoms with Crippen LogP contribution in [-0.4, -0.2) is 10.4 Å². The molecule has 23 heavy (non-hydrogen) atoms. The molecule has 0 fully saturated rings. The van der Waals surface area contributed by atoms with Gasteiger partial charge in [-0.05, 0) is 42.5 Å². The lowest BCUT2D eigenvalue weighted by Gasteiger charge is -2.22. The summed E-state index contributed by atoms with van der Waals surface area (Å²) < 4.78 is 0.745. The lowest BCUT2D eigenvalue weighted by atomic mass is 10.2. The van der Waals surface area contributed by atoms with Crippen molar-refractivity contribution in [1.29, 1.82) is 0 Å². The molecule has 3 rings (SSSR count). The Kier molecular flexibility index (Phi) is 4.62. The molecule has 0 unspecified atom stereocenters. The van der Waals surface area contributed by atoms with Gasteiger partial charge in [-0.3, -0.25) is 10.4 Å². The van der Waals surface area contributed by atoms with Crippen LogP contribution in [0, 0.1) is 0 Å². The minimum atomic E-state index is 0.538. The van der Waals surface area contributed by atoms with Crippen LogP contribution in [0.3, 0.4) is 0 Å². The minimum Gasteiger partial charge on any atom is -0.284 e. The number of nitrogens with zero attached hydrogens (tertiary/aromatic N) is 2. The second-order valence-corrected chi connectivity index (χ2v) is 5.88. The van der Waals surface area contributed by atoms with Gasteiger partial charge in [0.2, 0.25) is 0 Å². The van der Waals surface area contributed by atoms with Crippen molar-refractivity contribution in [2.75, 3.05) is 10.1 Å². The van der Waals surface area contributed by atoms with Crippen LogP contribution in [0.2, 0.25) is 0 Å². The lowest BCUT2D eigenvalue weighted by molar-refractivity contribution is 0.297. The van der Waals surface area contributed by atoms with Gasteiger partial charge in [0.05, 0.1) is 22.7 Å². The van der Waals surface area contributed by atoms with Gasteiger partial charge in [0.15, 0.2) is 0 Å². The first-order valence-corrected chi connectivity index (χ1v) is 7.83. The summed E-state index contributed by atoms with van der Waals surface area (Å²) in [7, 11) is 0. The highest BCUT2D eigenvalue weighted by atomic mass is 79.9. The van der Waals surface area contributed by atoms with Crippen LogP contribution >= 0.6 is 15.9 Å². The summed E-state index contributed by atoms with van der Waals surface area (Å²) in [5.41, 5.74) is 2.35. The van der Waals surface area contributed by atoms with E-state index >= 15 is 0 Å². The van der Waals surface area contributed by atoms with Crippen molar-refractivity contribution in [3.8, 4) is 0 Å². The SMILES string of the molecule is ON(c1ccccc1)c1cc(Br)cc(N(O)c2ccccc2)c1. The van der Waals surface area contributed by atoms with Crippen molar-refractivity contribution < 1.29 is 10.4 Å². The fourth-order valence-electron chi connectivity index (χ4n) is 2.24. The van der Waals surface area contributed by atoms with Gasteiger partial charge in [-0.1, -0.05) is 52.3 Å². The molecule has 3 aromatic carbocycles. The number of halogens is 1. The number of para-hydroxylation sites is 2. The predicted molar refractivity (Wildman–Crippen MR) is 94.9 cm³/mol. The number of anilines is 4. The molecule has 4 nitrogen and oxygen atoms in total. The van der Waals surface area contributed by atoms with Gasteiger partial charge in [-0.25, -0.2) is 10.1 Å². The molecule has 0 aromatic heterocycles. The summed E-state index contributed by atoms with van der Waals surface area (Å²) in [6.07, 6.45) is 0. The Morgan fingerprint density at radius 2 is 0.957 bits per heavy atom. The van der Waals surface area contributed by atoms with E-state index in [1.54, 1.807) is 42.5 Å². The Bertz CT molecular complexity index is 718. The van der Waals surface area contributed by atoms with E-state index in [0.29, 0.717) is 22.7 Å². The smallest absolute Gasteiger partial charge is 0.0725 e. The van der Waals surface area contributed by atoms with Crippen LogP contribution in [0.5, 0.6) is 0 Å². The number of benzene rings is 3. The summed E-state index contributed by atoms with van der Waals surface area (Å²) in [5.74, 6) is 0. The normalized spacial score (nSPS) is 10.4. The van der Waals surface area contributed by atoms with Crippen LogP contribution in [0.15, 0.2) is 83.3 Å². The molecule has 2 N–H and O–H groups in total. The standard InChI is InChI=1S/C18H15BrN2O2/c19-14-11-17(20(22)15-7-3-1-4-8-15)13-18(12-14)21(23)16-9-5-2-6-10-16/h1-13,22-23H. The maximum absolute atomic E-state index is 10.4.